The van der Waals surface area contributed by atoms with E-state index in [1.54, 1.807) is 21.1 Å². The van der Waals surface area contributed by atoms with E-state index in [1.165, 1.54) is 0 Å². The first kappa shape index (κ1) is 18.2. The molecule has 140 valence electrons. The highest BCUT2D eigenvalue weighted by atomic mass is 16.5. The number of rotatable bonds is 6. The number of likely N-dealkylation sites (N-methyl/N-ethyl adjacent to an activating group) is 1. The molecule has 0 aromatic heterocycles. The fraction of sp³-hybridized carbons (Fsp3) is 0.500. The van der Waals surface area contributed by atoms with E-state index in [1.807, 2.05) is 23.1 Å². The SMILES string of the molecule is CCN1C(=O)C(=O)N(CN2CCC[C@H]2c2ccc(OC)cc2OC)C1=O. The van der Waals surface area contributed by atoms with Gasteiger partial charge in [0.2, 0.25) is 0 Å². The van der Waals surface area contributed by atoms with Gasteiger partial charge in [-0.2, -0.15) is 0 Å². The molecule has 0 spiro atoms. The summed E-state index contributed by atoms with van der Waals surface area (Å²) in [6.45, 7) is 2.69. The number of carbonyl (C=O) groups is 3. The zero-order valence-corrected chi connectivity index (χ0v) is 15.2. The molecular formula is C18H23N3O5. The normalized spacial score (nSPS) is 21.0. The van der Waals surface area contributed by atoms with Gasteiger partial charge in [0, 0.05) is 30.8 Å². The molecule has 1 aromatic carbocycles. The minimum absolute atomic E-state index is 0.00207. The van der Waals surface area contributed by atoms with E-state index in [4.69, 9.17) is 9.47 Å². The summed E-state index contributed by atoms with van der Waals surface area (Å²) in [5, 5.41) is 0. The summed E-state index contributed by atoms with van der Waals surface area (Å²) in [6.07, 6.45) is 1.81. The van der Waals surface area contributed by atoms with Gasteiger partial charge in [-0.15, -0.1) is 0 Å². The summed E-state index contributed by atoms with van der Waals surface area (Å²) in [4.78, 5) is 40.5. The molecule has 0 saturated carbocycles. The summed E-state index contributed by atoms with van der Waals surface area (Å²) in [6, 6.07) is 5.08. The molecule has 2 heterocycles. The van der Waals surface area contributed by atoms with E-state index in [-0.39, 0.29) is 19.3 Å². The highest BCUT2D eigenvalue weighted by Crippen LogP contribution is 2.38. The molecule has 8 heteroatoms. The average molecular weight is 361 g/mol. The average Bonchev–Trinajstić information content (AvgIpc) is 3.20. The number of likely N-dealkylation sites (tertiary alicyclic amines) is 1. The monoisotopic (exact) mass is 361 g/mol. The molecule has 0 aliphatic carbocycles. The Bertz CT molecular complexity index is 736. The second kappa shape index (κ2) is 7.33. The van der Waals surface area contributed by atoms with Crippen molar-refractivity contribution in [2.24, 2.45) is 0 Å². The number of hydrogen-bond acceptors (Lipinski definition) is 6. The minimum Gasteiger partial charge on any atom is -0.497 e. The van der Waals surface area contributed by atoms with Crippen molar-refractivity contribution in [3.05, 3.63) is 23.8 Å². The predicted molar refractivity (Wildman–Crippen MR) is 92.7 cm³/mol. The van der Waals surface area contributed by atoms with Crippen molar-refractivity contribution in [3.8, 4) is 11.5 Å². The van der Waals surface area contributed by atoms with Crippen molar-refractivity contribution in [3.63, 3.8) is 0 Å². The third-order valence-corrected chi connectivity index (χ3v) is 4.94. The Balaban J connectivity index is 1.82. The molecule has 1 aromatic rings. The second-order valence-electron chi connectivity index (χ2n) is 6.28. The first-order chi connectivity index (χ1) is 12.5. The molecule has 3 rings (SSSR count). The highest BCUT2D eigenvalue weighted by molar-refractivity contribution is 6.44. The van der Waals surface area contributed by atoms with Gasteiger partial charge in [0.25, 0.3) is 0 Å². The van der Waals surface area contributed by atoms with Gasteiger partial charge in [0.05, 0.1) is 20.9 Å². The molecule has 2 fully saturated rings. The Morgan fingerprint density at radius 1 is 1.08 bits per heavy atom. The second-order valence-corrected chi connectivity index (χ2v) is 6.28. The summed E-state index contributed by atoms with van der Waals surface area (Å²) in [5.74, 6) is -0.115. The number of amides is 4. The molecule has 1 atom stereocenters. The van der Waals surface area contributed by atoms with Gasteiger partial charge in [-0.05, 0) is 25.8 Å². The molecule has 2 aliphatic rings. The van der Waals surface area contributed by atoms with Crippen LogP contribution in [-0.4, -0.2) is 66.5 Å². The Morgan fingerprint density at radius 2 is 1.81 bits per heavy atom. The van der Waals surface area contributed by atoms with E-state index < -0.39 is 17.8 Å². The number of nitrogens with zero attached hydrogens (tertiary/aromatic N) is 3. The summed E-state index contributed by atoms with van der Waals surface area (Å²) in [7, 11) is 3.19. The lowest BCUT2D eigenvalue weighted by Crippen LogP contribution is -2.42. The van der Waals surface area contributed by atoms with Crippen LogP contribution >= 0.6 is 0 Å². The van der Waals surface area contributed by atoms with Gasteiger partial charge in [0.1, 0.15) is 11.5 Å². The maximum atomic E-state index is 12.3. The number of imide groups is 2. The largest absolute Gasteiger partial charge is 0.497 e. The van der Waals surface area contributed by atoms with E-state index in [9.17, 15) is 14.4 Å². The van der Waals surface area contributed by atoms with Crippen LogP contribution < -0.4 is 9.47 Å². The first-order valence-electron chi connectivity index (χ1n) is 8.65. The number of benzene rings is 1. The quantitative estimate of drug-likeness (QED) is 0.566. The van der Waals surface area contributed by atoms with Crippen LogP contribution in [0.3, 0.4) is 0 Å². The fourth-order valence-electron chi connectivity index (χ4n) is 3.58. The summed E-state index contributed by atoms with van der Waals surface area (Å²) >= 11 is 0. The smallest absolute Gasteiger partial charge is 0.335 e. The van der Waals surface area contributed by atoms with E-state index in [0.29, 0.717) is 11.5 Å². The van der Waals surface area contributed by atoms with Crippen molar-refractivity contribution in [1.82, 2.24) is 14.7 Å². The van der Waals surface area contributed by atoms with E-state index in [0.717, 1.165) is 34.7 Å². The van der Waals surface area contributed by atoms with Crippen molar-refractivity contribution >= 4 is 17.8 Å². The van der Waals surface area contributed by atoms with Gasteiger partial charge in [-0.1, -0.05) is 6.07 Å². The number of urea groups is 1. The maximum absolute atomic E-state index is 12.3. The Morgan fingerprint density at radius 3 is 2.42 bits per heavy atom. The maximum Gasteiger partial charge on any atom is 0.335 e. The Labute approximate surface area is 152 Å². The molecule has 0 bridgehead atoms. The van der Waals surface area contributed by atoms with Crippen LogP contribution in [-0.2, 0) is 9.59 Å². The zero-order chi connectivity index (χ0) is 18.8. The van der Waals surface area contributed by atoms with Crippen LogP contribution in [0.4, 0.5) is 4.79 Å². The van der Waals surface area contributed by atoms with Crippen LogP contribution in [0.1, 0.15) is 31.4 Å². The Hall–Kier alpha value is -2.61. The van der Waals surface area contributed by atoms with Gasteiger partial charge in [-0.25, -0.2) is 9.69 Å². The van der Waals surface area contributed by atoms with Gasteiger partial charge in [-0.3, -0.25) is 19.4 Å². The molecule has 4 amide bonds. The molecule has 0 radical (unpaired) electrons. The molecule has 8 nitrogen and oxygen atoms in total. The molecule has 0 N–H and O–H groups in total. The van der Waals surface area contributed by atoms with Crippen molar-refractivity contribution in [1.29, 1.82) is 0 Å². The molecular weight excluding hydrogens is 338 g/mol. The van der Waals surface area contributed by atoms with Gasteiger partial charge < -0.3 is 9.47 Å². The lowest BCUT2D eigenvalue weighted by Gasteiger charge is -2.29. The fourth-order valence-corrected chi connectivity index (χ4v) is 3.58. The first-order valence-corrected chi connectivity index (χ1v) is 8.65. The van der Waals surface area contributed by atoms with Crippen LogP contribution in [0.2, 0.25) is 0 Å². The minimum atomic E-state index is -0.760. The third kappa shape index (κ3) is 3.01. The standard InChI is InChI=1S/C18H23N3O5/c1-4-20-16(22)17(23)21(18(20)24)11-19-9-5-6-14(19)13-8-7-12(25-2)10-15(13)26-3/h7-8,10,14H,4-6,9,11H2,1-3H3/t14-/m0/s1. The summed E-state index contributed by atoms with van der Waals surface area (Å²) in [5.41, 5.74) is 0.976. The third-order valence-electron chi connectivity index (χ3n) is 4.94. The Kier molecular flexibility index (Phi) is 5.13. The van der Waals surface area contributed by atoms with E-state index in [2.05, 4.69) is 0 Å². The van der Waals surface area contributed by atoms with Crippen LogP contribution in [0.5, 0.6) is 11.5 Å². The van der Waals surface area contributed by atoms with Gasteiger partial charge >= 0.3 is 17.8 Å². The number of methoxy groups -OCH3 is 2. The van der Waals surface area contributed by atoms with Crippen LogP contribution in [0.25, 0.3) is 0 Å². The number of carbonyl (C=O) groups excluding carboxylic acids is 3. The number of ether oxygens (including phenoxy) is 2. The highest BCUT2D eigenvalue weighted by Gasteiger charge is 2.45. The molecule has 0 unspecified atom stereocenters. The summed E-state index contributed by atoms with van der Waals surface area (Å²) < 4.78 is 10.7. The van der Waals surface area contributed by atoms with E-state index >= 15 is 0 Å². The zero-order valence-electron chi connectivity index (χ0n) is 15.2. The molecule has 2 aliphatic heterocycles. The molecule has 2 saturated heterocycles. The number of hydrogen-bond donors (Lipinski definition) is 0. The van der Waals surface area contributed by atoms with Crippen molar-refractivity contribution < 1.29 is 23.9 Å². The predicted octanol–water partition coefficient (Wildman–Crippen LogP) is 1.61. The lowest BCUT2D eigenvalue weighted by atomic mass is 10.0. The molecule has 26 heavy (non-hydrogen) atoms. The van der Waals surface area contributed by atoms with Crippen LogP contribution in [0, 0.1) is 0 Å². The lowest BCUT2D eigenvalue weighted by molar-refractivity contribution is -0.143. The van der Waals surface area contributed by atoms with Gasteiger partial charge in [0.15, 0.2) is 0 Å². The topological polar surface area (TPSA) is 79.4 Å². The van der Waals surface area contributed by atoms with Crippen LogP contribution in [0.15, 0.2) is 18.2 Å². The van der Waals surface area contributed by atoms with Crippen molar-refractivity contribution in [2.45, 2.75) is 25.8 Å². The van der Waals surface area contributed by atoms with Crippen molar-refractivity contribution in [2.75, 3.05) is 34.0 Å².